The zero-order chi connectivity index (χ0) is 11.3. The molecule has 0 amide bonds. The third-order valence-electron chi connectivity index (χ3n) is 2.24. The fourth-order valence-corrected chi connectivity index (χ4v) is 1.39. The van der Waals surface area contributed by atoms with E-state index in [2.05, 4.69) is 5.32 Å². The Labute approximate surface area is 95.6 Å². The van der Waals surface area contributed by atoms with Crippen molar-refractivity contribution in [1.82, 2.24) is 5.32 Å². The number of halogens is 1. The summed E-state index contributed by atoms with van der Waals surface area (Å²) in [7, 11) is 1.64. The van der Waals surface area contributed by atoms with Gasteiger partial charge in [-0.25, -0.2) is 0 Å². The minimum Gasteiger partial charge on any atom is -0.496 e. The molecule has 1 rings (SSSR count). The predicted molar refractivity (Wildman–Crippen MR) is 63.4 cm³/mol. The number of hydrogen-bond donors (Lipinski definition) is 2. The van der Waals surface area contributed by atoms with Crippen molar-refractivity contribution in [3.63, 3.8) is 0 Å². The highest BCUT2D eigenvalue weighted by atomic mass is 35.5. The smallest absolute Gasteiger partial charge is 0.124 e. The van der Waals surface area contributed by atoms with Crippen LogP contribution in [0.4, 0.5) is 0 Å². The van der Waals surface area contributed by atoms with Crippen molar-refractivity contribution in [2.75, 3.05) is 13.7 Å². The van der Waals surface area contributed by atoms with Gasteiger partial charge in [0.25, 0.3) is 0 Å². The molecular weight excluding hydrogens is 212 g/mol. The Morgan fingerprint density at radius 3 is 2.87 bits per heavy atom. The maximum Gasteiger partial charge on any atom is 0.124 e. The number of ether oxygens (including phenoxy) is 1. The fourth-order valence-electron chi connectivity index (χ4n) is 1.23. The molecule has 4 heteroatoms. The second-order valence-electron chi connectivity index (χ2n) is 3.47. The minimum absolute atomic E-state index is 0.297. The second kappa shape index (κ2) is 5.95. The largest absolute Gasteiger partial charge is 0.496 e. The molecule has 0 aromatic heterocycles. The zero-order valence-corrected chi connectivity index (χ0v) is 9.84. The van der Waals surface area contributed by atoms with Crippen LogP contribution in [0.25, 0.3) is 0 Å². The summed E-state index contributed by atoms with van der Waals surface area (Å²) in [5, 5.41) is 3.98. The molecule has 1 atom stereocenters. The summed E-state index contributed by atoms with van der Waals surface area (Å²) in [6.45, 7) is 3.40. The molecule has 0 heterocycles. The highest BCUT2D eigenvalue weighted by Gasteiger charge is 2.05. The topological polar surface area (TPSA) is 47.3 Å². The van der Waals surface area contributed by atoms with Gasteiger partial charge in [0.2, 0.25) is 0 Å². The lowest BCUT2D eigenvalue weighted by molar-refractivity contribution is 0.406. The summed E-state index contributed by atoms with van der Waals surface area (Å²) in [4.78, 5) is 0. The number of methoxy groups -OCH3 is 1. The van der Waals surface area contributed by atoms with Gasteiger partial charge in [-0.1, -0.05) is 17.7 Å². The SMILES string of the molecule is COc1cc(Cl)ccc1CN[C@H](C)CN. The molecule has 0 aliphatic carbocycles. The Kier molecular flexibility index (Phi) is 4.88. The van der Waals surface area contributed by atoms with E-state index in [0.29, 0.717) is 17.6 Å². The van der Waals surface area contributed by atoms with Crippen molar-refractivity contribution >= 4 is 11.6 Å². The number of benzene rings is 1. The Morgan fingerprint density at radius 2 is 2.27 bits per heavy atom. The highest BCUT2D eigenvalue weighted by Crippen LogP contribution is 2.22. The first-order valence-electron chi connectivity index (χ1n) is 4.93. The van der Waals surface area contributed by atoms with Gasteiger partial charge in [0, 0.05) is 29.7 Å². The highest BCUT2D eigenvalue weighted by molar-refractivity contribution is 6.30. The van der Waals surface area contributed by atoms with E-state index in [9.17, 15) is 0 Å². The lowest BCUT2D eigenvalue weighted by atomic mass is 10.2. The molecule has 0 spiro atoms. The van der Waals surface area contributed by atoms with E-state index in [1.54, 1.807) is 7.11 Å². The number of nitrogens with one attached hydrogen (secondary N) is 1. The molecule has 0 unspecified atom stereocenters. The summed E-state index contributed by atoms with van der Waals surface area (Å²) in [5.41, 5.74) is 6.60. The summed E-state index contributed by atoms with van der Waals surface area (Å²) >= 11 is 5.87. The van der Waals surface area contributed by atoms with E-state index < -0.39 is 0 Å². The van der Waals surface area contributed by atoms with Crippen LogP contribution in [0, 0.1) is 0 Å². The lowest BCUT2D eigenvalue weighted by Crippen LogP contribution is -2.32. The molecule has 0 aliphatic rings. The van der Waals surface area contributed by atoms with Crippen LogP contribution in [0.5, 0.6) is 5.75 Å². The summed E-state index contributed by atoms with van der Waals surface area (Å²) in [6, 6.07) is 5.92. The van der Waals surface area contributed by atoms with Crippen molar-refractivity contribution in [3.05, 3.63) is 28.8 Å². The molecule has 0 aliphatic heterocycles. The van der Waals surface area contributed by atoms with E-state index in [-0.39, 0.29) is 0 Å². The van der Waals surface area contributed by atoms with Crippen LogP contribution in [0.2, 0.25) is 5.02 Å². The van der Waals surface area contributed by atoms with Crippen molar-refractivity contribution in [2.45, 2.75) is 19.5 Å². The van der Waals surface area contributed by atoms with Gasteiger partial charge < -0.3 is 15.8 Å². The summed E-state index contributed by atoms with van der Waals surface area (Å²) in [6.07, 6.45) is 0. The lowest BCUT2D eigenvalue weighted by Gasteiger charge is -2.13. The average molecular weight is 229 g/mol. The van der Waals surface area contributed by atoms with Gasteiger partial charge in [-0.3, -0.25) is 0 Å². The van der Waals surface area contributed by atoms with Crippen LogP contribution in [0.3, 0.4) is 0 Å². The molecule has 0 bridgehead atoms. The third kappa shape index (κ3) is 3.70. The van der Waals surface area contributed by atoms with Gasteiger partial charge in [0.05, 0.1) is 7.11 Å². The van der Waals surface area contributed by atoms with Crippen molar-refractivity contribution in [3.8, 4) is 5.75 Å². The van der Waals surface area contributed by atoms with Crippen LogP contribution in [-0.2, 0) is 6.54 Å². The zero-order valence-electron chi connectivity index (χ0n) is 9.09. The standard InChI is InChI=1S/C11H17ClN2O/c1-8(6-13)14-7-9-3-4-10(12)5-11(9)15-2/h3-5,8,14H,6-7,13H2,1-2H3/t8-/m1/s1. The Hall–Kier alpha value is -0.770. The molecule has 3 N–H and O–H groups in total. The van der Waals surface area contributed by atoms with Gasteiger partial charge in [0.15, 0.2) is 0 Å². The number of rotatable bonds is 5. The molecule has 0 saturated heterocycles. The van der Waals surface area contributed by atoms with Gasteiger partial charge >= 0.3 is 0 Å². The maximum atomic E-state index is 5.87. The van der Waals surface area contributed by atoms with Crippen molar-refractivity contribution < 1.29 is 4.74 Å². The van der Waals surface area contributed by atoms with Crippen LogP contribution in [0.1, 0.15) is 12.5 Å². The Balaban J connectivity index is 2.67. The number of hydrogen-bond acceptors (Lipinski definition) is 3. The van der Waals surface area contributed by atoms with Gasteiger partial charge in [-0.15, -0.1) is 0 Å². The van der Waals surface area contributed by atoms with E-state index in [0.717, 1.165) is 17.9 Å². The number of nitrogens with two attached hydrogens (primary N) is 1. The van der Waals surface area contributed by atoms with Crippen molar-refractivity contribution in [1.29, 1.82) is 0 Å². The molecular formula is C11H17ClN2O. The first kappa shape index (κ1) is 12.3. The summed E-state index contributed by atoms with van der Waals surface area (Å²) < 4.78 is 5.24. The molecule has 1 aromatic carbocycles. The van der Waals surface area contributed by atoms with Crippen LogP contribution >= 0.6 is 11.6 Å². The summed E-state index contributed by atoms with van der Waals surface area (Å²) in [5.74, 6) is 0.805. The van der Waals surface area contributed by atoms with Gasteiger partial charge in [-0.05, 0) is 19.1 Å². The first-order chi connectivity index (χ1) is 7.17. The van der Waals surface area contributed by atoms with Crippen molar-refractivity contribution in [2.24, 2.45) is 5.73 Å². The monoisotopic (exact) mass is 228 g/mol. The van der Waals surface area contributed by atoms with E-state index in [4.69, 9.17) is 22.1 Å². The van der Waals surface area contributed by atoms with Gasteiger partial charge in [0.1, 0.15) is 5.75 Å². The predicted octanol–water partition coefficient (Wildman–Crippen LogP) is 1.79. The quantitative estimate of drug-likeness (QED) is 0.808. The third-order valence-corrected chi connectivity index (χ3v) is 2.48. The van der Waals surface area contributed by atoms with Gasteiger partial charge in [-0.2, -0.15) is 0 Å². The maximum absolute atomic E-state index is 5.87. The van der Waals surface area contributed by atoms with Crippen LogP contribution in [-0.4, -0.2) is 19.7 Å². The molecule has 0 fully saturated rings. The molecule has 1 aromatic rings. The molecule has 84 valence electrons. The Bertz CT molecular complexity index is 317. The molecule has 3 nitrogen and oxygen atoms in total. The van der Waals surface area contributed by atoms with E-state index in [1.165, 1.54) is 0 Å². The first-order valence-corrected chi connectivity index (χ1v) is 5.31. The minimum atomic E-state index is 0.297. The Morgan fingerprint density at radius 1 is 1.53 bits per heavy atom. The molecule has 0 saturated carbocycles. The normalized spacial score (nSPS) is 12.5. The van der Waals surface area contributed by atoms with Crippen LogP contribution in [0.15, 0.2) is 18.2 Å². The molecule has 15 heavy (non-hydrogen) atoms. The fraction of sp³-hybridized carbons (Fsp3) is 0.455. The van der Waals surface area contributed by atoms with E-state index >= 15 is 0 Å². The average Bonchev–Trinajstić information content (AvgIpc) is 2.26. The second-order valence-corrected chi connectivity index (χ2v) is 3.91. The van der Waals surface area contributed by atoms with E-state index in [1.807, 2.05) is 25.1 Å². The van der Waals surface area contributed by atoms with Crippen LogP contribution < -0.4 is 15.8 Å². The molecule has 0 radical (unpaired) electrons.